The molecule has 1 aliphatic rings. The molecule has 1 amide bonds. The number of halogens is 2. The molecular formula is C16H17Cl2N5O2. The summed E-state index contributed by atoms with van der Waals surface area (Å²) in [6.07, 6.45) is 1.06. The van der Waals surface area contributed by atoms with Crippen LogP contribution in [0.15, 0.2) is 29.5 Å². The zero-order chi connectivity index (χ0) is 18.1. The monoisotopic (exact) mass is 381 g/mol. The standard InChI is InChI=1S/C16H17Cl2N5O2/c1-8-12(15(19)25)14(9-4-2-5-10(17)13(9)18)23-16(20-8)21-11(22-23)6-3-7-24/h2,4-5,14,24H,3,6-7H2,1H3,(H2,19,25)(H,20,21,22). The van der Waals surface area contributed by atoms with Crippen molar-refractivity contribution in [2.75, 3.05) is 11.9 Å². The molecule has 1 atom stereocenters. The molecule has 3 rings (SSSR count). The number of nitrogens with zero attached hydrogens (tertiary/aromatic N) is 3. The molecule has 7 nitrogen and oxygen atoms in total. The van der Waals surface area contributed by atoms with E-state index in [1.54, 1.807) is 29.8 Å². The first-order chi connectivity index (χ1) is 11.9. The Balaban J connectivity index is 2.17. The molecule has 0 saturated heterocycles. The summed E-state index contributed by atoms with van der Waals surface area (Å²) in [6, 6.07) is 4.57. The number of aliphatic hydroxyl groups excluding tert-OH is 1. The minimum Gasteiger partial charge on any atom is -0.396 e. The van der Waals surface area contributed by atoms with Crippen LogP contribution in [0.4, 0.5) is 5.95 Å². The van der Waals surface area contributed by atoms with Gasteiger partial charge in [-0.1, -0.05) is 35.3 Å². The molecule has 0 spiro atoms. The maximum atomic E-state index is 12.1. The summed E-state index contributed by atoms with van der Waals surface area (Å²) in [5.74, 6) is 0.457. The van der Waals surface area contributed by atoms with Crippen LogP contribution >= 0.6 is 23.2 Å². The lowest BCUT2D eigenvalue weighted by Crippen LogP contribution is -2.32. The number of aromatic nitrogens is 3. The second-order valence-corrected chi connectivity index (χ2v) is 6.48. The molecule has 1 aromatic heterocycles. The van der Waals surface area contributed by atoms with E-state index in [2.05, 4.69) is 15.4 Å². The second kappa shape index (κ2) is 7.03. The Labute approximate surface area is 154 Å². The average Bonchev–Trinajstić information content (AvgIpc) is 2.96. The molecule has 1 aromatic carbocycles. The van der Waals surface area contributed by atoms with E-state index in [9.17, 15) is 4.79 Å². The van der Waals surface area contributed by atoms with E-state index in [1.165, 1.54) is 0 Å². The molecular weight excluding hydrogens is 365 g/mol. The van der Waals surface area contributed by atoms with Crippen LogP contribution in [-0.2, 0) is 11.2 Å². The highest BCUT2D eigenvalue weighted by Crippen LogP contribution is 2.39. The van der Waals surface area contributed by atoms with Gasteiger partial charge in [-0.2, -0.15) is 10.1 Å². The summed E-state index contributed by atoms with van der Waals surface area (Å²) in [6.45, 7) is 1.79. The van der Waals surface area contributed by atoms with Crippen molar-refractivity contribution in [2.45, 2.75) is 25.8 Å². The van der Waals surface area contributed by atoms with Gasteiger partial charge in [-0.3, -0.25) is 4.79 Å². The van der Waals surface area contributed by atoms with Gasteiger partial charge in [0.15, 0.2) is 5.82 Å². The Morgan fingerprint density at radius 3 is 2.88 bits per heavy atom. The Morgan fingerprint density at radius 2 is 2.20 bits per heavy atom. The van der Waals surface area contributed by atoms with Crippen LogP contribution in [0.25, 0.3) is 0 Å². The lowest BCUT2D eigenvalue weighted by molar-refractivity contribution is -0.115. The Hall–Kier alpha value is -2.09. The molecule has 2 aromatic rings. The molecule has 9 heteroatoms. The molecule has 1 aliphatic heterocycles. The quantitative estimate of drug-likeness (QED) is 0.736. The summed E-state index contributed by atoms with van der Waals surface area (Å²) >= 11 is 12.5. The van der Waals surface area contributed by atoms with E-state index in [4.69, 9.17) is 34.0 Å². The number of rotatable bonds is 5. The van der Waals surface area contributed by atoms with E-state index >= 15 is 0 Å². The van der Waals surface area contributed by atoms with Crippen molar-refractivity contribution >= 4 is 35.1 Å². The SMILES string of the molecule is CC1=C(C(N)=O)C(c2cccc(Cl)c2Cl)n2nc(CCCO)nc2N1. The van der Waals surface area contributed by atoms with Gasteiger partial charge in [-0.05, 0) is 19.4 Å². The molecule has 2 heterocycles. The number of anilines is 1. The van der Waals surface area contributed by atoms with E-state index in [0.29, 0.717) is 51.5 Å². The fourth-order valence-electron chi connectivity index (χ4n) is 2.88. The van der Waals surface area contributed by atoms with Crippen molar-refractivity contribution in [1.29, 1.82) is 0 Å². The smallest absolute Gasteiger partial charge is 0.248 e. The van der Waals surface area contributed by atoms with Gasteiger partial charge in [0.2, 0.25) is 11.9 Å². The number of carbonyl (C=O) groups excluding carboxylic acids is 1. The molecule has 0 fully saturated rings. The third-order valence-corrected chi connectivity index (χ3v) is 4.83. The van der Waals surface area contributed by atoms with Gasteiger partial charge in [0.05, 0.1) is 15.6 Å². The first kappa shape index (κ1) is 17.7. The molecule has 0 bridgehead atoms. The van der Waals surface area contributed by atoms with Gasteiger partial charge >= 0.3 is 0 Å². The Bertz CT molecular complexity index is 862. The van der Waals surface area contributed by atoms with Crippen LogP contribution < -0.4 is 11.1 Å². The number of nitrogens with two attached hydrogens (primary N) is 1. The highest BCUT2D eigenvalue weighted by atomic mass is 35.5. The fraction of sp³-hybridized carbons (Fsp3) is 0.312. The molecule has 25 heavy (non-hydrogen) atoms. The van der Waals surface area contributed by atoms with Gasteiger partial charge in [-0.15, -0.1) is 0 Å². The van der Waals surface area contributed by atoms with Crippen LogP contribution in [-0.4, -0.2) is 32.4 Å². The Kier molecular flexibility index (Phi) is 4.99. The first-order valence-corrected chi connectivity index (χ1v) is 8.47. The third kappa shape index (κ3) is 3.22. The first-order valence-electron chi connectivity index (χ1n) is 7.71. The lowest BCUT2D eigenvalue weighted by Gasteiger charge is -2.28. The van der Waals surface area contributed by atoms with Gasteiger partial charge < -0.3 is 16.2 Å². The van der Waals surface area contributed by atoms with Crippen molar-refractivity contribution < 1.29 is 9.90 Å². The Morgan fingerprint density at radius 1 is 1.44 bits per heavy atom. The molecule has 0 saturated carbocycles. The van der Waals surface area contributed by atoms with Gasteiger partial charge in [-0.25, -0.2) is 4.68 Å². The fourth-order valence-corrected chi connectivity index (χ4v) is 3.29. The molecule has 1 unspecified atom stereocenters. The van der Waals surface area contributed by atoms with Crippen LogP contribution in [0.5, 0.6) is 0 Å². The zero-order valence-corrected chi connectivity index (χ0v) is 15.0. The van der Waals surface area contributed by atoms with E-state index in [-0.39, 0.29) is 6.61 Å². The summed E-state index contributed by atoms with van der Waals surface area (Å²) in [5.41, 5.74) is 7.15. The highest BCUT2D eigenvalue weighted by Gasteiger charge is 2.34. The number of hydrogen-bond acceptors (Lipinski definition) is 5. The second-order valence-electron chi connectivity index (χ2n) is 5.70. The van der Waals surface area contributed by atoms with Crippen molar-refractivity contribution in [2.24, 2.45) is 5.73 Å². The lowest BCUT2D eigenvalue weighted by atomic mass is 9.95. The van der Waals surface area contributed by atoms with Crippen LogP contribution in [0.3, 0.4) is 0 Å². The number of nitrogens with one attached hydrogen (secondary N) is 1. The van der Waals surface area contributed by atoms with Gasteiger partial charge in [0.25, 0.3) is 0 Å². The topological polar surface area (TPSA) is 106 Å². The van der Waals surface area contributed by atoms with Crippen LogP contribution in [0.1, 0.15) is 30.8 Å². The number of benzene rings is 1. The van der Waals surface area contributed by atoms with Gasteiger partial charge in [0.1, 0.15) is 6.04 Å². The normalized spacial score (nSPS) is 16.6. The molecule has 0 aliphatic carbocycles. The third-order valence-electron chi connectivity index (χ3n) is 4.00. The minimum atomic E-state index is -0.629. The number of allylic oxidation sites excluding steroid dienone is 1. The summed E-state index contributed by atoms with van der Waals surface area (Å²) < 4.78 is 1.58. The maximum Gasteiger partial charge on any atom is 0.248 e. The van der Waals surface area contributed by atoms with E-state index in [0.717, 1.165) is 0 Å². The zero-order valence-electron chi connectivity index (χ0n) is 13.5. The summed E-state index contributed by atoms with van der Waals surface area (Å²) in [5, 5.41) is 17.2. The van der Waals surface area contributed by atoms with E-state index < -0.39 is 11.9 Å². The van der Waals surface area contributed by atoms with Crippen molar-refractivity contribution in [3.8, 4) is 0 Å². The predicted octanol–water partition coefficient (Wildman–Crippen LogP) is 2.28. The molecule has 4 N–H and O–H groups in total. The largest absolute Gasteiger partial charge is 0.396 e. The highest BCUT2D eigenvalue weighted by molar-refractivity contribution is 6.42. The number of primary amides is 1. The number of carbonyl (C=O) groups is 1. The number of fused-ring (bicyclic) bond motifs is 1. The van der Waals surface area contributed by atoms with Crippen molar-refractivity contribution in [3.63, 3.8) is 0 Å². The molecule has 0 radical (unpaired) electrons. The predicted molar refractivity (Wildman–Crippen MR) is 95.5 cm³/mol. The number of hydrogen-bond donors (Lipinski definition) is 3. The average molecular weight is 382 g/mol. The number of aryl methyl sites for hydroxylation is 1. The minimum absolute atomic E-state index is 0.0463. The van der Waals surface area contributed by atoms with Crippen LogP contribution in [0, 0.1) is 0 Å². The number of aliphatic hydroxyl groups is 1. The van der Waals surface area contributed by atoms with Crippen LogP contribution in [0.2, 0.25) is 10.0 Å². The van der Waals surface area contributed by atoms with Crippen molar-refractivity contribution in [1.82, 2.24) is 14.8 Å². The number of amides is 1. The van der Waals surface area contributed by atoms with Gasteiger partial charge in [0, 0.05) is 24.3 Å². The maximum absolute atomic E-state index is 12.1. The van der Waals surface area contributed by atoms with Crippen molar-refractivity contribution in [3.05, 3.63) is 50.9 Å². The van der Waals surface area contributed by atoms with E-state index in [1.807, 2.05) is 0 Å². The summed E-state index contributed by atoms with van der Waals surface area (Å²) in [7, 11) is 0. The molecule has 132 valence electrons. The summed E-state index contributed by atoms with van der Waals surface area (Å²) in [4.78, 5) is 16.5.